The summed E-state index contributed by atoms with van der Waals surface area (Å²) in [7, 11) is 0. The Hall–Kier alpha value is -0.320. The average molecular weight is 198 g/mol. The lowest BCUT2D eigenvalue weighted by Crippen LogP contribution is -2.41. The number of ether oxygens (including phenoxy) is 1. The minimum atomic E-state index is -0.915. The second kappa shape index (κ2) is 7.34. The first kappa shape index (κ1) is 14.2. The highest BCUT2D eigenvalue weighted by atomic mass is 35.5. The van der Waals surface area contributed by atoms with E-state index in [1.54, 1.807) is 0 Å². The van der Waals surface area contributed by atoms with Crippen LogP contribution in [0.5, 0.6) is 0 Å². The first-order valence-corrected chi connectivity index (χ1v) is 3.69. The van der Waals surface area contributed by atoms with Gasteiger partial charge in [0, 0.05) is 0 Å². The van der Waals surface area contributed by atoms with Crippen LogP contribution in [0, 0.1) is 0 Å². The molecule has 0 bridgehead atoms. The molecule has 0 aromatic heterocycles. The fourth-order valence-corrected chi connectivity index (χ4v) is 0.496. The molecule has 0 fully saturated rings. The van der Waals surface area contributed by atoms with E-state index < -0.39 is 18.1 Å². The van der Waals surface area contributed by atoms with Gasteiger partial charge in [0.05, 0.1) is 12.7 Å². The van der Waals surface area contributed by atoms with E-state index in [9.17, 15) is 4.79 Å². The quantitative estimate of drug-likeness (QED) is 0.626. The summed E-state index contributed by atoms with van der Waals surface area (Å²) in [6, 6.07) is -0.915. The number of aliphatic hydroxyl groups excluding tert-OH is 1. The van der Waals surface area contributed by atoms with Crippen LogP contribution in [0.2, 0.25) is 0 Å². The molecule has 0 rings (SSSR count). The van der Waals surface area contributed by atoms with Gasteiger partial charge < -0.3 is 15.6 Å². The number of hydrogen-bond acceptors (Lipinski definition) is 4. The number of aliphatic hydroxyl groups is 1. The van der Waals surface area contributed by atoms with Gasteiger partial charge >= 0.3 is 5.97 Å². The summed E-state index contributed by atoms with van der Waals surface area (Å²) in [5, 5.41) is 8.86. The maximum Gasteiger partial charge on any atom is 0.325 e. The third-order valence-electron chi connectivity index (χ3n) is 1.24. The van der Waals surface area contributed by atoms with Crippen LogP contribution in [0.4, 0.5) is 0 Å². The van der Waals surface area contributed by atoms with Crippen molar-refractivity contribution < 1.29 is 14.6 Å². The molecule has 0 aliphatic heterocycles. The second-order valence-electron chi connectivity index (χ2n) is 2.43. The largest absolute Gasteiger partial charge is 0.464 e. The maximum atomic E-state index is 10.8. The van der Waals surface area contributed by atoms with Gasteiger partial charge in [0.1, 0.15) is 6.04 Å². The molecule has 0 aromatic carbocycles. The summed E-state index contributed by atoms with van der Waals surface area (Å²) < 4.78 is 4.69. The first-order chi connectivity index (χ1) is 5.09. The standard InChI is InChI=1S/C7H15NO3.ClH/c1-3-4-11-7(10)6(8)5(2)9;/h5-6,9H,3-4,8H2,1-2H3;1H/t5-,6+;/m1./s1. The Labute approximate surface area is 78.5 Å². The monoisotopic (exact) mass is 197 g/mol. The van der Waals surface area contributed by atoms with E-state index in [1.165, 1.54) is 6.92 Å². The zero-order valence-corrected chi connectivity index (χ0v) is 8.13. The lowest BCUT2D eigenvalue weighted by molar-refractivity contribution is -0.147. The Morgan fingerprint density at radius 3 is 2.50 bits per heavy atom. The molecular formula is C7H16ClNO3. The van der Waals surface area contributed by atoms with Crippen molar-refractivity contribution in [1.82, 2.24) is 0 Å². The summed E-state index contributed by atoms with van der Waals surface area (Å²) in [5.41, 5.74) is 5.28. The molecule has 4 nitrogen and oxygen atoms in total. The third kappa shape index (κ3) is 5.35. The zero-order valence-electron chi connectivity index (χ0n) is 7.32. The zero-order chi connectivity index (χ0) is 8.85. The van der Waals surface area contributed by atoms with Crippen LogP contribution in [0.1, 0.15) is 20.3 Å². The topological polar surface area (TPSA) is 72.5 Å². The van der Waals surface area contributed by atoms with Crippen molar-refractivity contribution >= 4 is 18.4 Å². The number of hydrogen-bond donors (Lipinski definition) is 2. The van der Waals surface area contributed by atoms with Crippen molar-refractivity contribution in [3.8, 4) is 0 Å². The molecule has 12 heavy (non-hydrogen) atoms. The molecule has 0 spiro atoms. The molecule has 0 aromatic rings. The van der Waals surface area contributed by atoms with E-state index >= 15 is 0 Å². The number of nitrogens with two attached hydrogens (primary N) is 1. The summed E-state index contributed by atoms with van der Waals surface area (Å²) in [6.07, 6.45) is -0.0856. The van der Waals surface area contributed by atoms with Gasteiger partial charge in [0.15, 0.2) is 0 Å². The molecular weight excluding hydrogens is 182 g/mol. The van der Waals surface area contributed by atoms with Gasteiger partial charge in [-0.15, -0.1) is 12.4 Å². The van der Waals surface area contributed by atoms with Crippen LogP contribution >= 0.6 is 12.4 Å². The van der Waals surface area contributed by atoms with Crippen LogP contribution in [0.25, 0.3) is 0 Å². The van der Waals surface area contributed by atoms with Crippen LogP contribution < -0.4 is 5.73 Å². The lowest BCUT2D eigenvalue weighted by atomic mass is 10.2. The fourth-order valence-electron chi connectivity index (χ4n) is 0.496. The highest BCUT2D eigenvalue weighted by Crippen LogP contribution is 1.93. The number of carbonyl (C=O) groups excluding carboxylic acids is 1. The maximum absolute atomic E-state index is 10.8. The lowest BCUT2D eigenvalue weighted by Gasteiger charge is -2.12. The Morgan fingerprint density at radius 1 is 1.67 bits per heavy atom. The minimum Gasteiger partial charge on any atom is -0.464 e. The molecule has 0 saturated heterocycles. The summed E-state index contributed by atoms with van der Waals surface area (Å²) in [5.74, 6) is -0.540. The fraction of sp³-hybridized carbons (Fsp3) is 0.857. The minimum absolute atomic E-state index is 0. The van der Waals surface area contributed by atoms with Gasteiger partial charge in [-0.05, 0) is 13.3 Å². The molecule has 0 amide bonds. The van der Waals surface area contributed by atoms with E-state index in [0.717, 1.165) is 6.42 Å². The van der Waals surface area contributed by atoms with Gasteiger partial charge in [-0.25, -0.2) is 0 Å². The number of esters is 1. The Bertz CT molecular complexity index is 130. The van der Waals surface area contributed by atoms with E-state index in [4.69, 9.17) is 15.6 Å². The molecule has 5 heteroatoms. The molecule has 0 unspecified atom stereocenters. The second-order valence-corrected chi connectivity index (χ2v) is 2.43. The van der Waals surface area contributed by atoms with Gasteiger partial charge in [-0.2, -0.15) is 0 Å². The van der Waals surface area contributed by atoms with Crippen molar-refractivity contribution in [2.24, 2.45) is 5.73 Å². The predicted molar refractivity (Wildman–Crippen MR) is 48.2 cm³/mol. The Balaban J connectivity index is 0. The Kier molecular flexibility index (Phi) is 8.69. The van der Waals surface area contributed by atoms with Crippen molar-refractivity contribution in [1.29, 1.82) is 0 Å². The molecule has 0 heterocycles. The van der Waals surface area contributed by atoms with E-state index in [-0.39, 0.29) is 12.4 Å². The van der Waals surface area contributed by atoms with Gasteiger partial charge in [-0.3, -0.25) is 4.79 Å². The SMILES string of the molecule is CCCOC(=O)[C@@H](N)[C@@H](C)O.Cl. The van der Waals surface area contributed by atoms with E-state index in [2.05, 4.69) is 0 Å². The van der Waals surface area contributed by atoms with E-state index in [0.29, 0.717) is 6.61 Å². The Morgan fingerprint density at radius 2 is 2.17 bits per heavy atom. The number of rotatable bonds is 4. The van der Waals surface area contributed by atoms with Crippen LogP contribution in [-0.2, 0) is 9.53 Å². The summed E-state index contributed by atoms with van der Waals surface area (Å²) in [6.45, 7) is 3.71. The molecule has 0 aliphatic rings. The van der Waals surface area contributed by atoms with Gasteiger partial charge in [0.25, 0.3) is 0 Å². The van der Waals surface area contributed by atoms with Gasteiger partial charge in [0.2, 0.25) is 0 Å². The third-order valence-corrected chi connectivity index (χ3v) is 1.24. The van der Waals surface area contributed by atoms with Crippen molar-refractivity contribution in [3.05, 3.63) is 0 Å². The van der Waals surface area contributed by atoms with Crippen molar-refractivity contribution in [2.45, 2.75) is 32.4 Å². The van der Waals surface area contributed by atoms with Crippen LogP contribution in [0.3, 0.4) is 0 Å². The summed E-state index contributed by atoms with van der Waals surface area (Å²) in [4.78, 5) is 10.8. The summed E-state index contributed by atoms with van der Waals surface area (Å²) >= 11 is 0. The molecule has 0 radical (unpaired) electrons. The highest BCUT2D eigenvalue weighted by Gasteiger charge is 2.19. The average Bonchev–Trinajstić information content (AvgIpc) is 1.98. The van der Waals surface area contributed by atoms with Crippen molar-refractivity contribution in [3.63, 3.8) is 0 Å². The molecule has 74 valence electrons. The van der Waals surface area contributed by atoms with Crippen LogP contribution in [0.15, 0.2) is 0 Å². The highest BCUT2D eigenvalue weighted by molar-refractivity contribution is 5.85. The van der Waals surface area contributed by atoms with Gasteiger partial charge in [-0.1, -0.05) is 6.92 Å². The normalized spacial score (nSPS) is 14.3. The molecule has 0 saturated carbocycles. The molecule has 2 atom stereocenters. The number of halogens is 1. The van der Waals surface area contributed by atoms with Crippen LogP contribution in [-0.4, -0.2) is 29.8 Å². The smallest absolute Gasteiger partial charge is 0.325 e. The molecule has 3 N–H and O–H groups in total. The number of carbonyl (C=O) groups is 1. The van der Waals surface area contributed by atoms with E-state index in [1.807, 2.05) is 6.92 Å². The first-order valence-electron chi connectivity index (χ1n) is 3.69. The molecule has 0 aliphatic carbocycles. The predicted octanol–water partition coefficient (Wildman–Crippen LogP) is 0.0695. The van der Waals surface area contributed by atoms with Crippen molar-refractivity contribution in [2.75, 3.05) is 6.61 Å².